The van der Waals surface area contributed by atoms with E-state index in [1.807, 2.05) is 77.3 Å². The monoisotopic (exact) mass is 363 g/mol. The minimum Gasteiger partial charge on any atom is -0.388 e. The van der Waals surface area contributed by atoms with Crippen LogP contribution in [0.25, 0.3) is 10.9 Å². The van der Waals surface area contributed by atoms with Gasteiger partial charge < -0.3 is 10.0 Å². The molecule has 1 aliphatic rings. The second-order valence-corrected chi connectivity index (χ2v) is 7.54. The predicted octanol–water partition coefficient (Wildman–Crippen LogP) is 3.19. The third-order valence-corrected chi connectivity index (χ3v) is 5.67. The first kappa shape index (κ1) is 17.7. The van der Waals surface area contributed by atoms with Crippen molar-refractivity contribution in [2.75, 3.05) is 13.1 Å². The second-order valence-electron chi connectivity index (χ2n) is 7.54. The quantitative estimate of drug-likeness (QED) is 0.774. The first-order chi connectivity index (χ1) is 13.1. The van der Waals surface area contributed by atoms with Gasteiger partial charge in [0.2, 0.25) is 5.91 Å². The van der Waals surface area contributed by atoms with Gasteiger partial charge in [0, 0.05) is 18.5 Å². The van der Waals surface area contributed by atoms with E-state index in [0.717, 1.165) is 16.5 Å². The molecule has 5 heteroatoms. The average Bonchev–Trinajstić information content (AvgIpc) is 3.10. The van der Waals surface area contributed by atoms with Gasteiger partial charge in [0.05, 0.1) is 29.8 Å². The van der Waals surface area contributed by atoms with Gasteiger partial charge in [-0.2, -0.15) is 5.10 Å². The highest BCUT2D eigenvalue weighted by atomic mass is 16.3. The summed E-state index contributed by atoms with van der Waals surface area (Å²) < 4.78 is 1.87. The molecule has 0 spiro atoms. The number of benzene rings is 2. The van der Waals surface area contributed by atoms with Gasteiger partial charge in [-0.15, -0.1) is 0 Å². The number of carbonyl (C=O) groups is 1. The van der Waals surface area contributed by atoms with Crippen LogP contribution in [-0.4, -0.2) is 44.4 Å². The standard InChI is InChI=1S/C22H25N3O2/c1-17(18-7-3-2-4-8-18)21(26)24-13-11-22(27,12-14-24)16-25-20-10-6-5-9-19(20)15-23-25/h2-10,15,17,27H,11-14,16H2,1H3. The van der Waals surface area contributed by atoms with E-state index in [2.05, 4.69) is 5.10 Å². The van der Waals surface area contributed by atoms with Crippen molar-refractivity contribution in [2.45, 2.75) is 37.8 Å². The van der Waals surface area contributed by atoms with Gasteiger partial charge in [0.1, 0.15) is 0 Å². The Hall–Kier alpha value is -2.66. The molecule has 2 aromatic carbocycles. The third kappa shape index (κ3) is 3.60. The van der Waals surface area contributed by atoms with E-state index < -0.39 is 5.60 Å². The Labute approximate surface area is 159 Å². The van der Waals surface area contributed by atoms with Gasteiger partial charge in [0.15, 0.2) is 0 Å². The number of aliphatic hydroxyl groups is 1. The van der Waals surface area contributed by atoms with Gasteiger partial charge in [-0.05, 0) is 31.4 Å². The normalized spacial score (nSPS) is 17.8. The van der Waals surface area contributed by atoms with Gasteiger partial charge in [-0.3, -0.25) is 9.48 Å². The van der Waals surface area contributed by atoms with Crippen LogP contribution in [0.5, 0.6) is 0 Å². The van der Waals surface area contributed by atoms with Crippen molar-refractivity contribution in [3.63, 3.8) is 0 Å². The molecule has 4 rings (SSSR count). The molecule has 3 aromatic rings. The van der Waals surface area contributed by atoms with Crippen molar-refractivity contribution in [2.24, 2.45) is 0 Å². The van der Waals surface area contributed by atoms with Crippen molar-refractivity contribution in [3.8, 4) is 0 Å². The number of amides is 1. The fraction of sp³-hybridized carbons (Fsp3) is 0.364. The van der Waals surface area contributed by atoms with Crippen LogP contribution < -0.4 is 0 Å². The Morgan fingerprint density at radius 1 is 1.11 bits per heavy atom. The molecule has 1 unspecified atom stereocenters. The molecule has 140 valence electrons. The number of piperidine rings is 1. The van der Waals surface area contributed by atoms with Crippen LogP contribution in [0.3, 0.4) is 0 Å². The zero-order chi connectivity index (χ0) is 18.9. The second kappa shape index (κ2) is 7.16. The summed E-state index contributed by atoms with van der Waals surface area (Å²) in [6.45, 7) is 3.56. The zero-order valence-corrected chi connectivity index (χ0v) is 15.6. The molecular formula is C22H25N3O2. The minimum absolute atomic E-state index is 0.132. The minimum atomic E-state index is -0.832. The van der Waals surface area contributed by atoms with Crippen LogP contribution >= 0.6 is 0 Å². The SMILES string of the molecule is CC(C(=O)N1CCC(O)(Cn2ncc3ccccc32)CC1)c1ccccc1. The maximum Gasteiger partial charge on any atom is 0.229 e. The van der Waals surface area contributed by atoms with Gasteiger partial charge in [0.25, 0.3) is 0 Å². The average molecular weight is 363 g/mol. The largest absolute Gasteiger partial charge is 0.388 e. The lowest BCUT2D eigenvalue weighted by molar-refractivity contribution is -0.137. The number of fused-ring (bicyclic) bond motifs is 1. The summed E-state index contributed by atoms with van der Waals surface area (Å²) in [4.78, 5) is 14.7. The molecule has 5 nitrogen and oxygen atoms in total. The Morgan fingerprint density at radius 2 is 1.78 bits per heavy atom. The van der Waals surface area contributed by atoms with Gasteiger partial charge >= 0.3 is 0 Å². The van der Waals surface area contributed by atoms with E-state index >= 15 is 0 Å². The van der Waals surface area contributed by atoms with E-state index in [1.54, 1.807) is 0 Å². The lowest BCUT2D eigenvalue weighted by Crippen LogP contribution is -2.49. The number of carbonyl (C=O) groups excluding carboxylic acids is 1. The van der Waals surface area contributed by atoms with E-state index in [0.29, 0.717) is 32.5 Å². The molecule has 1 N–H and O–H groups in total. The topological polar surface area (TPSA) is 58.4 Å². The summed E-state index contributed by atoms with van der Waals surface area (Å²) in [6.07, 6.45) is 2.96. The molecule has 1 saturated heterocycles. The van der Waals surface area contributed by atoms with E-state index in [1.165, 1.54) is 0 Å². The number of para-hydroxylation sites is 1. The first-order valence-corrected chi connectivity index (χ1v) is 9.52. The zero-order valence-electron chi connectivity index (χ0n) is 15.6. The summed E-state index contributed by atoms with van der Waals surface area (Å²) in [5.41, 5.74) is 1.23. The van der Waals surface area contributed by atoms with Crippen molar-refractivity contribution >= 4 is 16.8 Å². The highest BCUT2D eigenvalue weighted by Gasteiger charge is 2.36. The molecule has 0 bridgehead atoms. The van der Waals surface area contributed by atoms with Crippen molar-refractivity contribution < 1.29 is 9.90 Å². The molecule has 1 aliphatic heterocycles. The molecule has 27 heavy (non-hydrogen) atoms. The third-order valence-electron chi connectivity index (χ3n) is 5.67. The van der Waals surface area contributed by atoms with Crippen molar-refractivity contribution in [3.05, 3.63) is 66.4 Å². The molecule has 1 fully saturated rings. The lowest BCUT2D eigenvalue weighted by atomic mass is 9.90. The number of rotatable bonds is 4. The first-order valence-electron chi connectivity index (χ1n) is 9.52. The summed E-state index contributed by atoms with van der Waals surface area (Å²) in [5.74, 6) is -0.0276. The van der Waals surface area contributed by atoms with Crippen LogP contribution in [0.1, 0.15) is 31.2 Å². The molecule has 1 atom stereocenters. The summed E-state index contributed by atoms with van der Waals surface area (Å²) in [7, 11) is 0. The fourth-order valence-electron chi connectivity index (χ4n) is 3.89. The Bertz CT molecular complexity index is 927. The summed E-state index contributed by atoms with van der Waals surface area (Å²) >= 11 is 0. The number of hydrogen-bond acceptors (Lipinski definition) is 3. The Balaban J connectivity index is 1.41. The number of hydrogen-bond donors (Lipinski definition) is 1. The van der Waals surface area contributed by atoms with Crippen LogP contribution in [-0.2, 0) is 11.3 Å². The molecule has 1 aromatic heterocycles. The Morgan fingerprint density at radius 3 is 2.52 bits per heavy atom. The number of likely N-dealkylation sites (tertiary alicyclic amines) is 1. The Kier molecular flexibility index (Phi) is 4.70. The number of aromatic nitrogens is 2. The van der Waals surface area contributed by atoms with Crippen LogP contribution in [0, 0.1) is 0 Å². The van der Waals surface area contributed by atoms with Crippen LogP contribution in [0.4, 0.5) is 0 Å². The van der Waals surface area contributed by atoms with E-state index in [-0.39, 0.29) is 11.8 Å². The molecule has 0 saturated carbocycles. The molecule has 0 radical (unpaired) electrons. The number of nitrogens with zero attached hydrogens (tertiary/aromatic N) is 3. The maximum atomic E-state index is 12.8. The summed E-state index contributed by atoms with van der Waals surface area (Å²) in [6, 6.07) is 17.9. The molecule has 2 heterocycles. The highest BCUT2D eigenvalue weighted by molar-refractivity contribution is 5.83. The van der Waals surface area contributed by atoms with E-state index in [4.69, 9.17) is 0 Å². The van der Waals surface area contributed by atoms with Crippen LogP contribution in [0.15, 0.2) is 60.8 Å². The summed E-state index contributed by atoms with van der Waals surface area (Å²) in [5, 5.41) is 16.6. The molecular weight excluding hydrogens is 338 g/mol. The molecule has 1 amide bonds. The van der Waals surface area contributed by atoms with Gasteiger partial charge in [-0.1, -0.05) is 48.5 Å². The fourth-order valence-corrected chi connectivity index (χ4v) is 3.89. The van der Waals surface area contributed by atoms with Gasteiger partial charge in [-0.25, -0.2) is 0 Å². The predicted molar refractivity (Wildman–Crippen MR) is 105 cm³/mol. The van der Waals surface area contributed by atoms with E-state index in [9.17, 15) is 9.90 Å². The van der Waals surface area contributed by atoms with Crippen LogP contribution in [0.2, 0.25) is 0 Å². The van der Waals surface area contributed by atoms with Crippen molar-refractivity contribution in [1.82, 2.24) is 14.7 Å². The maximum absolute atomic E-state index is 12.8. The lowest BCUT2D eigenvalue weighted by Gasteiger charge is -2.39. The smallest absolute Gasteiger partial charge is 0.229 e. The van der Waals surface area contributed by atoms with Crippen molar-refractivity contribution in [1.29, 1.82) is 0 Å². The highest BCUT2D eigenvalue weighted by Crippen LogP contribution is 2.28. The molecule has 0 aliphatic carbocycles.